The van der Waals surface area contributed by atoms with Crippen LogP contribution in [-0.4, -0.2) is 18.5 Å². The summed E-state index contributed by atoms with van der Waals surface area (Å²) < 4.78 is 0. The normalized spacial score (nSPS) is 14.1. The summed E-state index contributed by atoms with van der Waals surface area (Å²) in [6, 6.07) is 1.99. The van der Waals surface area contributed by atoms with Crippen molar-refractivity contribution >= 4 is 5.91 Å². The molecular weight excluding hydrogens is 178 g/mol. The predicted molar refractivity (Wildman–Crippen MR) is 55.3 cm³/mol. The highest BCUT2D eigenvalue weighted by molar-refractivity contribution is 5.76. The topological polar surface area (TPSA) is 78.9 Å². The van der Waals surface area contributed by atoms with Gasteiger partial charge in [-0.25, -0.2) is 0 Å². The Morgan fingerprint density at radius 3 is 2.79 bits per heavy atom. The van der Waals surface area contributed by atoms with Gasteiger partial charge in [-0.3, -0.25) is 4.79 Å². The Morgan fingerprint density at radius 1 is 1.64 bits per heavy atom. The van der Waals surface area contributed by atoms with Crippen LogP contribution in [0.15, 0.2) is 0 Å². The lowest BCUT2D eigenvalue weighted by atomic mass is 10.1. The molecule has 0 aromatic heterocycles. The van der Waals surface area contributed by atoms with Gasteiger partial charge < -0.3 is 11.1 Å². The molecule has 0 saturated carbocycles. The number of carbonyl (C=O) groups is 1. The van der Waals surface area contributed by atoms with Crippen molar-refractivity contribution in [3.05, 3.63) is 0 Å². The van der Waals surface area contributed by atoms with Crippen LogP contribution in [0, 0.1) is 17.2 Å². The summed E-state index contributed by atoms with van der Waals surface area (Å²) in [5, 5.41) is 11.2. The van der Waals surface area contributed by atoms with E-state index in [9.17, 15) is 4.79 Å². The first-order chi connectivity index (χ1) is 6.60. The van der Waals surface area contributed by atoms with Crippen LogP contribution < -0.4 is 11.1 Å². The number of hydrogen-bond acceptors (Lipinski definition) is 3. The second kappa shape index (κ2) is 7.34. The van der Waals surface area contributed by atoms with Gasteiger partial charge >= 0.3 is 0 Å². The fourth-order valence-corrected chi connectivity index (χ4v) is 1.10. The van der Waals surface area contributed by atoms with Crippen molar-refractivity contribution in [2.45, 2.75) is 39.2 Å². The average Bonchev–Trinajstić information content (AvgIpc) is 2.14. The third-order valence-corrected chi connectivity index (χ3v) is 1.93. The van der Waals surface area contributed by atoms with Gasteiger partial charge in [-0.15, -0.1) is 0 Å². The van der Waals surface area contributed by atoms with Crippen molar-refractivity contribution in [3.8, 4) is 6.07 Å². The van der Waals surface area contributed by atoms with E-state index in [0.29, 0.717) is 13.0 Å². The third-order valence-electron chi connectivity index (χ3n) is 1.93. The molecule has 0 radical (unpaired) electrons. The zero-order chi connectivity index (χ0) is 11.0. The van der Waals surface area contributed by atoms with Crippen LogP contribution in [0.4, 0.5) is 0 Å². The molecule has 0 aliphatic heterocycles. The minimum absolute atomic E-state index is 0.0580. The maximum atomic E-state index is 11.2. The van der Waals surface area contributed by atoms with E-state index in [2.05, 4.69) is 11.4 Å². The summed E-state index contributed by atoms with van der Waals surface area (Å²) >= 11 is 0. The van der Waals surface area contributed by atoms with Crippen molar-refractivity contribution in [2.24, 2.45) is 11.7 Å². The summed E-state index contributed by atoms with van der Waals surface area (Å²) in [6.07, 6.45) is 2.20. The van der Waals surface area contributed by atoms with E-state index < -0.39 is 0 Å². The molecule has 0 aliphatic carbocycles. The van der Waals surface area contributed by atoms with Crippen molar-refractivity contribution in [3.63, 3.8) is 0 Å². The number of nitriles is 1. The molecule has 4 nitrogen and oxygen atoms in total. The molecule has 2 atom stereocenters. The molecule has 0 aliphatic rings. The minimum Gasteiger partial charge on any atom is -0.355 e. The van der Waals surface area contributed by atoms with Crippen molar-refractivity contribution < 1.29 is 4.79 Å². The third kappa shape index (κ3) is 6.44. The van der Waals surface area contributed by atoms with Gasteiger partial charge in [-0.05, 0) is 13.3 Å². The molecule has 3 N–H and O–H groups in total. The second-order valence-corrected chi connectivity index (χ2v) is 3.59. The lowest BCUT2D eigenvalue weighted by molar-refractivity contribution is -0.121. The quantitative estimate of drug-likeness (QED) is 0.660. The molecule has 0 rings (SSSR count). The summed E-state index contributed by atoms with van der Waals surface area (Å²) in [4.78, 5) is 11.2. The van der Waals surface area contributed by atoms with E-state index in [1.807, 2.05) is 6.92 Å². The zero-order valence-corrected chi connectivity index (χ0v) is 8.92. The van der Waals surface area contributed by atoms with Gasteiger partial charge in [0.05, 0.1) is 12.0 Å². The van der Waals surface area contributed by atoms with Crippen LogP contribution in [0.1, 0.15) is 33.1 Å². The summed E-state index contributed by atoms with van der Waals surface area (Å²) in [5.41, 5.74) is 5.70. The van der Waals surface area contributed by atoms with E-state index in [1.54, 1.807) is 6.92 Å². The average molecular weight is 197 g/mol. The van der Waals surface area contributed by atoms with Crippen LogP contribution in [0.3, 0.4) is 0 Å². The predicted octanol–water partition coefficient (Wildman–Crippen LogP) is 0.780. The van der Waals surface area contributed by atoms with Gasteiger partial charge in [-0.1, -0.05) is 13.3 Å². The van der Waals surface area contributed by atoms with Crippen molar-refractivity contribution in [1.29, 1.82) is 5.26 Å². The maximum Gasteiger partial charge on any atom is 0.221 e. The van der Waals surface area contributed by atoms with Crippen LogP contribution in [-0.2, 0) is 4.79 Å². The highest BCUT2D eigenvalue weighted by atomic mass is 16.1. The fraction of sp³-hybridized carbons (Fsp3) is 0.800. The standard InChI is InChI=1S/C10H19N3O/c1-3-4-9(12)5-10(14)13-7-8(2)6-11/h8-9H,3-5,7,12H2,1-2H3,(H,13,14). The first-order valence-corrected chi connectivity index (χ1v) is 5.02. The Bertz CT molecular complexity index is 210. The van der Waals surface area contributed by atoms with E-state index in [0.717, 1.165) is 12.8 Å². The van der Waals surface area contributed by atoms with Gasteiger partial charge in [0.1, 0.15) is 0 Å². The molecule has 0 heterocycles. The van der Waals surface area contributed by atoms with Crippen molar-refractivity contribution in [2.75, 3.05) is 6.54 Å². The molecule has 0 bridgehead atoms. The summed E-state index contributed by atoms with van der Waals surface area (Å²) in [6.45, 7) is 4.22. The van der Waals surface area contributed by atoms with E-state index in [4.69, 9.17) is 11.0 Å². The number of carbonyl (C=O) groups excluding carboxylic acids is 1. The first kappa shape index (κ1) is 12.9. The Hall–Kier alpha value is -1.08. The van der Waals surface area contributed by atoms with E-state index in [1.165, 1.54) is 0 Å². The minimum atomic E-state index is -0.138. The molecule has 2 unspecified atom stereocenters. The molecule has 0 fully saturated rings. The Kier molecular flexibility index (Phi) is 6.77. The SMILES string of the molecule is CCCC(N)CC(=O)NCC(C)C#N. The molecular formula is C10H19N3O. The highest BCUT2D eigenvalue weighted by Gasteiger charge is 2.09. The number of nitrogens with one attached hydrogen (secondary N) is 1. The number of nitrogens with two attached hydrogens (primary N) is 1. The number of rotatable bonds is 6. The smallest absolute Gasteiger partial charge is 0.221 e. The maximum absolute atomic E-state index is 11.2. The number of nitrogens with zero attached hydrogens (tertiary/aromatic N) is 1. The molecule has 1 amide bonds. The Morgan fingerprint density at radius 2 is 2.29 bits per heavy atom. The van der Waals surface area contributed by atoms with Gasteiger partial charge in [0.15, 0.2) is 0 Å². The Labute approximate surface area is 85.5 Å². The molecule has 0 saturated heterocycles. The summed E-state index contributed by atoms with van der Waals surface area (Å²) in [7, 11) is 0. The number of amides is 1. The zero-order valence-electron chi connectivity index (χ0n) is 8.92. The molecule has 14 heavy (non-hydrogen) atoms. The molecule has 0 aromatic carbocycles. The highest BCUT2D eigenvalue weighted by Crippen LogP contribution is 1.98. The Balaban J connectivity index is 3.61. The molecule has 0 spiro atoms. The molecule has 4 heteroatoms. The lowest BCUT2D eigenvalue weighted by Crippen LogP contribution is -2.33. The van der Waals surface area contributed by atoms with Gasteiger partial charge in [0.2, 0.25) is 5.91 Å². The lowest BCUT2D eigenvalue weighted by Gasteiger charge is -2.10. The summed E-state index contributed by atoms with van der Waals surface area (Å²) in [5.74, 6) is -0.200. The van der Waals surface area contributed by atoms with E-state index >= 15 is 0 Å². The fourth-order valence-electron chi connectivity index (χ4n) is 1.10. The van der Waals surface area contributed by atoms with Gasteiger partial charge in [-0.2, -0.15) is 5.26 Å². The molecule has 0 aromatic rings. The van der Waals surface area contributed by atoms with Gasteiger partial charge in [0, 0.05) is 19.0 Å². The molecule has 80 valence electrons. The number of hydrogen-bond donors (Lipinski definition) is 2. The van der Waals surface area contributed by atoms with Crippen LogP contribution >= 0.6 is 0 Å². The van der Waals surface area contributed by atoms with E-state index in [-0.39, 0.29) is 17.9 Å². The first-order valence-electron chi connectivity index (χ1n) is 5.02. The largest absolute Gasteiger partial charge is 0.355 e. The van der Waals surface area contributed by atoms with Crippen LogP contribution in [0.25, 0.3) is 0 Å². The van der Waals surface area contributed by atoms with Gasteiger partial charge in [0.25, 0.3) is 0 Å². The van der Waals surface area contributed by atoms with Crippen LogP contribution in [0.5, 0.6) is 0 Å². The van der Waals surface area contributed by atoms with Crippen molar-refractivity contribution in [1.82, 2.24) is 5.32 Å². The van der Waals surface area contributed by atoms with Crippen LogP contribution in [0.2, 0.25) is 0 Å². The second-order valence-electron chi connectivity index (χ2n) is 3.59. The monoisotopic (exact) mass is 197 g/mol.